The molecule has 0 spiro atoms. The number of amides is 1. The van der Waals surface area contributed by atoms with Crippen LogP contribution in [0, 0.1) is 13.8 Å². The largest absolute Gasteiger partial charge is 0.417 e. The Balaban J connectivity index is 1.42. The van der Waals surface area contributed by atoms with Gasteiger partial charge in [0.2, 0.25) is 11.9 Å². The first kappa shape index (κ1) is 29.9. The number of alkyl halides is 3. The van der Waals surface area contributed by atoms with E-state index in [0.717, 1.165) is 6.07 Å². The number of anilines is 1. The normalized spacial score (nSPS) is 18.5. The minimum Gasteiger partial charge on any atom is -0.391 e. The molecule has 0 radical (unpaired) electrons. The Morgan fingerprint density at radius 1 is 1.14 bits per heavy atom. The number of aryl methyl sites for hydroxylation is 2. The lowest BCUT2D eigenvalue weighted by molar-refractivity contribution is -0.138. The topological polar surface area (TPSA) is 122 Å². The standard InChI is InChI=1S/C29H28BrF3N8O3/c1-15-8-17(3)41(37-15)28-36-24-14-39(25(43)18-4-5-23(30)22(10-18)29(31,32)33)16(2)9-21(24)26(44)40(28)27-34-11-19(12-35-27)38-7-6-20(42)13-38/h4-5,8,10-12,16,20,42H,6-7,9,13-14H2,1-3H3. The lowest BCUT2D eigenvalue weighted by Gasteiger charge is -2.34. The first-order valence-corrected chi connectivity index (χ1v) is 14.7. The molecule has 2 unspecified atom stereocenters. The molecular formula is C29H28BrF3N8O3. The fourth-order valence-electron chi connectivity index (χ4n) is 5.68. The summed E-state index contributed by atoms with van der Waals surface area (Å²) in [6.07, 6.45) is -1.13. The Kier molecular flexibility index (Phi) is 7.56. The van der Waals surface area contributed by atoms with E-state index < -0.39 is 35.4 Å². The quantitative estimate of drug-likeness (QED) is 0.348. The van der Waals surface area contributed by atoms with E-state index in [9.17, 15) is 27.9 Å². The molecule has 3 aromatic heterocycles. The van der Waals surface area contributed by atoms with Crippen LogP contribution in [0.1, 0.15) is 51.9 Å². The molecule has 1 fully saturated rings. The molecule has 0 aliphatic carbocycles. The zero-order valence-electron chi connectivity index (χ0n) is 24.0. The molecule has 2 aliphatic rings. The van der Waals surface area contributed by atoms with Crippen LogP contribution in [-0.2, 0) is 19.1 Å². The predicted octanol–water partition coefficient (Wildman–Crippen LogP) is 3.76. The molecule has 0 bridgehead atoms. The summed E-state index contributed by atoms with van der Waals surface area (Å²) in [4.78, 5) is 44.8. The van der Waals surface area contributed by atoms with Gasteiger partial charge in [0.25, 0.3) is 11.5 Å². The van der Waals surface area contributed by atoms with E-state index in [0.29, 0.717) is 47.8 Å². The lowest BCUT2D eigenvalue weighted by atomic mass is 9.98. The average molecular weight is 673 g/mol. The van der Waals surface area contributed by atoms with E-state index in [2.05, 4.69) is 31.0 Å². The van der Waals surface area contributed by atoms with Gasteiger partial charge < -0.3 is 14.9 Å². The molecule has 2 aliphatic heterocycles. The van der Waals surface area contributed by atoms with Gasteiger partial charge in [-0.3, -0.25) is 9.59 Å². The molecule has 2 atom stereocenters. The number of nitrogens with zero attached hydrogens (tertiary/aromatic N) is 8. The zero-order chi connectivity index (χ0) is 31.5. The Morgan fingerprint density at radius 2 is 1.86 bits per heavy atom. The number of rotatable bonds is 4. The van der Waals surface area contributed by atoms with Crippen molar-refractivity contribution < 1.29 is 23.1 Å². The van der Waals surface area contributed by atoms with E-state index in [4.69, 9.17) is 4.98 Å². The molecule has 4 aromatic rings. The first-order valence-electron chi connectivity index (χ1n) is 13.9. The molecule has 5 heterocycles. The Bertz CT molecular complexity index is 1820. The van der Waals surface area contributed by atoms with Crippen LogP contribution in [0.25, 0.3) is 11.9 Å². The highest BCUT2D eigenvalue weighted by Crippen LogP contribution is 2.36. The van der Waals surface area contributed by atoms with E-state index >= 15 is 0 Å². The van der Waals surface area contributed by atoms with Gasteiger partial charge in [0, 0.05) is 40.4 Å². The number of benzene rings is 1. The minimum atomic E-state index is -4.65. The molecule has 1 N–H and O–H groups in total. The summed E-state index contributed by atoms with van der Waals surface area (Å²) in [6.45, 7) is 6.37. The van der Waals surface area contributed by atoms with Crippen molar-refractivity contribution >= 4 is 27.5 Å². The number of hydrogen-bond acceptors (Lipinski definition) is 8. The van der Waals surface area contributed by atoms with Gasteiger partial charge in [-0.2, -0.15) is 18.3 Å². The second-order valence-electron chi connectivity index (χ2n) is 11.1. The fraction of sp³-hybridized carbons (Fsp3) is 0.379. The fourth-order valence-corrected chi connectivity index (χ4v) is 6.15. The van der Waals surface area contributed by atoms with Gasteiger partial charge in [0.05, 0.1) is 47.7 Å². The first-order chi connectivity index (χ1) is 20.8. The van der Waals surface area contributed by atoms with Gasteiger partial charge in [0.15, 0.2) is 0 Å². The predicted molar refractivity (Wildman–Crippen MR) is 157 cm³/mol. The van der Waals surface area contributed by atoms with Crippen molar-refractivity contribution in [1.82, 2.24) is 34.2 Å². The van der Waals surface area contributed by atoms with Crippen molar-refractivity contribution in [3.8, 4) is 11.9 Å². The van der Waals surface area contributed by atoms with E-state index in [1.807, 2.05) is 17.9 Å². The van der Waals surface area contributed by atoms with Crippen molar-refractivity contribution in [2.75, 3.05) is 18.0 Å². The number of hydrogen-bond donors (Lipinski definition) is 1. The number of fused-ring (bicyclic) bond motifs is 1. The third kappa shape index (κ3) is 5.38. The van der Waals surface area contributed by atoms with Crippen molar-refractivity contribution in [2.45, 2.75) is 58.5 Å². The molecule has 0 saturated carbocycles. The second-order valence-corrected chi connectivity index (χ2v) is 12.0. The third-order valence-corrected chi connectivity index (χ3v) is 8.62. The lowest BCUT2D eigenvalue weighted by Crippen LogP contribution is -2.46. The van der Waals surface area contributed by atoms with Crippen molar-refractivity contribution in [3.63, 3.8) is 0 Å². The van der Waals surface area contributed by atoms with Gasteiger partial charge in [0.1, 0.15) is 0 Å². The number of aliphatic hydroxyl groups excluding tert-OH is 1. The highest BCUT2D eigenvalue weighted by atomic mass is 79.9. The number of carbonyl (C=O) groups excluding carboxylic acids is 1. The van der Waals surface area contributed by atoms with E-state index in [1.165, 1.54) is 26.3 Å². The number of aliphatic hydroxyl groups is 1. The highest BCUT2D eigenvalue weighted by Gasteiger charge is 2.36. The number of halogens is 4. The van der Waals surface area contributed by atoms with Crippen LogP contribution in [0.15, 0.2) is 45.9 Å². The van der Waals surface area contributed by atoms with Gasteiger partial charge in [-0.15, -0.1) is 0 Å². The Hall–Kier alpha value is -4.11. The molecule has 1 aromatic carbocycles. The second kappa shape index (κ2) is 11.1. The van der Waals surface area contributed by atoms with Crippen LogP contribution < -0.4 is 10.5 Å². The van der Waals surface area contributed by atoms with Gasteiger partial charge >= 0.3 is 6.18 Å². The smallest absolute Gasteiger partial charge is 0.391 e. The summed E-state index contributed by atoms with van der Waals surface area (Å²) < 4.78 is 43.3. The maximum Gasteiger partial charge on any atom is 0.417 e. The van der Waals surface area contributed by atoms with Crippen molar-refractivity contribution in [1.29, 1.82) is 0 Å². The van der Waals surface area contributed by atoms with Gasteiger partial charge in [-0.1, -0.05) is 15.9 Å². The number of aromatic nitrogens is 6. The van der Waals surface area contributed by atoms with E-state index in [1.54, 1.807) is 26.2 Å². The Labute approximate surface area is 258 Å². The van der Waals surface area contributed by atoms with Crippen molar-refractivity contribution in [3.05, 3.63) is 85.3 Å². The summed E-state index contributed by atoms with van der Waals surface area (Å²) in [6, 6.07) is 4.67. The third-order valence-electron chi connectivity index (χ3n) is 7.93. The zero-order valence-corrected chi connectivity index (χ0v) is 25.6. The highest BCUT2D eigenvalue weighted by molar-refractivity contribution is 9.10. The molecule has 44 heavy (non-hydrogen) atoms. The minimum absolute atomic E-state index is 0.0806. The molecule has 15 heteroatoms. The van der Waals surface area contributed by atoms with Gasteiger partial charge in [-0.25, -0.2) is 24.2 Å². The van der Waals surface area contributed by atoms with Crippen molar-refractivity contribution in [2.24, 2.45) is 0 Å². The molecule has 6 rings (SSSR count). The SMILES string of the molecule is Cc1cc(C)n(-c2nc3c(c(=O)n2-c2ncc(N4CCC(O)C4)cn2)CC(C)N(C(=O)c2ccc(Br)c(C(F)(F)F)c2)C3)n1. The van der Waals surface area contributed by atoms with Crippen LogP contribution in [0.5, 0.6) is 0 Å². The van der Waals surface area contributed by atoms with Gasteiger partial charge in [-0.05, 0) is 57.9 Å². The summed E-state index contributed by atoms with van der Waals surface area (Å²) in [7, 11) is 0. The summed E-state index contributed by atoms with van der Waals surface area (Å²) in [5, 5.41) is 14.4. The molecule has 1 saturated heterocycles. The number of β-amino-alcohol motifs (C(OH)–C–C–N with tert-alkyl or cyclic N) is 1. The Morgan fingerprint density at radius 3 is 2.48 bits per heavy atom. The van der Waals surface area contributed by atoms with E-state index in [-0.39, 0.29) is 34.9 Å². The molecule has 11 nitrogen and oxygen atoms in total. The summed E-state index contributed by atoms with van der Waals surface area (Å²) in [5.41, 5.74) is 1.26. The summed E-state index contributed by atoms with van der Waals surface area (Å²) in [5.74, 6) is -0.406. The molecular weight excluding hydrogens is 645 g/mol. The van der Waals surface area contributed by atoms with Crippen LogP contribution in [0.4, 0.5) is 18.9 Å². The van der Waals surface area contributed by atoms with Crippen LogP contribution in [0.3, 0.4) is 0 Å². The van der Waals surface area contributed by atoms with Crippen LogP contribution >= 0.6 is 15.9 Å². The molecule has 230 valence electrons. The van der Waals surface area contributed by atoms with Crippen LogP contribution in [0.2, 0.25) is 0 Å². The average Bonchev–Trinajstić information content (AvgIpc) is 3.56. The number of carbonyl (C=O) groups is 1. The maximum atomic E-state index is 14.1. The van der Waals surface area contributed by atoms with Crippen LogP contribution in [-0.4, -0.2) is 70.4 Å². The maximum absolute atomic E-state index is 14.1. The monoisotopic (exact) mass is 672 g/mol. The summed E-state index contributed by atoms with van der Waals surface area (Å²) >= 11 is 2.92. The molecule has 1 amide bonds.